The van der Waals surface area contributed by atoms with Gasteiger partial charge in [0.05, 0.1) is 11.4 Å². The number of hydrogen-bond donors (Lipinski definition) is 2. The lowest BCUT2D eigenvalue weighted by atomic mass is 10.3. The van der Waals surface area contributed by atoms with Crippen LogP contribution in [0.5, 0.6) is 5.75 Å². The summed E-state index contributed by atoms with van der Waals surface area (Å²) in [4.78, 5) is 10.9. The van der Waals surface area contributed by atoms with Gasteiger partial charge in [-0.3, -0.25) is 4.79 Å². The highest BCUT2D eigenvalue weighted by molar-refractivity contribution is 7.89. The molecule has 0 saturated heterocycles. The maximum Gasteiger partial charge on any atom is 0.573 e. The van der Waals surface area contributed by atoms with Gasteiger partial charge in [0.15, 0.2) is 0 Å². The van der Waals surface area contributed by atoms with E-state index < -0.39 is 39.5 Å². The summed E-state index contributed by atoms with van der Waals surface area (Å²) in [5.74, 6) is -1.22. The van der Waals surface area contributed by atoms with Crippen molar-refractivity contribution in [1.29, 1.82) is 0 Å². The molecule has 0 aliphatic carbocycles. The zero-order chi connectivity index (χ0) is 17.0. The van der Waals surface area contributed by atoms with E-state index in [0.29, 0.717) is 0 Å². The summed E-state index contributed by atoms with van der Waals surface area (Å²) in [6, 6.07) is 3.71. The largest absolute Gasteiger partial charge is 0.573 e. The molecule has 0 atom stereocenters. The molecule has 0 aromatic heterocycles. The van der Waals surface area contributed by atoms with E-state index in [4.69, 9.17) is 0 Å². The van der Waals surface area contributed by atoms with Gasteiger partial charge in [-0.15, -0.1) is 13.2 Å². The molecular weight excluding hydrogens is 325 g/mol. The quantitative estimate of drug-likeness (QED) is 0.820. The van der Waals surface area contributed by atoms with Gasteiger partial charge in [0, 0.05) is 12.1 Å². The second-order valence-electron chi connectivity index (χ2n) is 4.57. The third kappa shape index (κ3) is 6.31. The van der Waals surface area contributed by atoms with E-state index in [0.717, 1.165) is 24.3 Å². The first kappa shape index (κ1) is 18.2. The molecule has 0 heterocycles. The van der Waals surface area contributed by atoms with E-state index in [2.05, 4.69) is 10.1 Å². The number of rotatable bonds is 6. The minimum Gasteiger partial charge on any atom is -0.406 e. The standard InChI is InChI=1S/C12H15F3N2O4S/c1-8(2)17-11(18)7-16-22(19,20)10-5-3-4-9(6-10)21-12(13,14)15/h3-6,8,16H,7H2,1-2H3,(H,17,18). The lowest BCUT2D eigenvalue weighted by Gasteiger charge is -2.12. The molecule has 0 radical (unpaired) electrons. The van der Waals surface area contributed by atoms with Gasteiger partial charge in [-0.2, -0.15) is 0 Å². The minimum absolute atomic E-state index is 0.166. The highest BCUT2D eigenvalue weighted by Crippen LogP contribution is 2.24. The van der Waals surface area contributed by atoms with Crippen LogP contribution < -0.4 is 14.8 Å². The Morgan fingerprint density at radius 1 is 1.32 bits per heavy atom. The number of sulfonamides is 1. The van der Waals surface area contributed by atoms with Crippen LogP contribution in [0.4, 0.5) is 13.2 Å². The zero-order valence-corrected chi connectivity index (χ0v) is 12.6. The summed E-state index contributed by atoms with van der Waals surface area (Å²) >= 11 is 0. The van der Waals surface area contributed by atoms with Crippen LogP contribution in [0.3, 0.4) is 0 Å². The van der Waals surface area contributed by atoms with Gasteiger partial charge in [-0.05, 0) is 26.0 Å². The molecular formula is C12H15F3N2O4S. The monoisotopic (exact) mass is 340 g/mol. The molecule has 0 aliphatic heterocycles. The van der Waals surface area contributed by atoms with Crippen molar-refractivity contribution >= 4 is 15.9 Å². The average Bonchev–Trinajstić information content (AvgIpc) is 2.34. The van der Waals surface area contributed by atoms with Gasteiger partial charge in [0.25, 0.3) is 0 Å². The molecule has 6 nitrogen and oxygen atoms in total. The number of halogens is 3. The number of benzene rings is 1. The van der Waals surface area contributed by atoms with E-state index in [1.807, 2.05) is 4.72 Å². The topological polar surface area (TPSA) is 84.5 Å². The molecule has 0 bridgehead atoms. The molecule has 1 rings (SSSR count). The number of amides is 1. The second kappa shape index (κ2) is 6.97. The van der Waals surface area contributed by atoms with Crippen LogP contribution in [0.2, 0.25) is 0 Å². The Morgan fingerprint density at radius 2 is 1.95 bits per heavy atom. The summed E-state index contributed by atoms with van der Waals surface area (Å²) < 4.78 is 65.8. The van der Waals surface area contributed by atoms with E-state index in [9.17, 15) is 26.4 Å². The molecule has 0 spiro atoms. The van der Waals surface area contributed by atoms with Crippen LogP contribution in [-0.2, 0) is 14.8 Å². The molecule has 0 fully saturated rings. The van der Waals surface area contributed by atoms with E-state index >= 15 is 0 Å². The normalized spacial score (nSPS) is 12.3. The Morgan fingerprint density at radius 3 is 2.50 bits per heavy atom. The maximum absolute atomic E-state index is 12.1. The van der Waals surface area contributed by atoms with Gasteiger partial charge in [0.1, 0.15) is 5.75 Å². The van der Waals surface area contributed by atoms with Crippen molar-refractivity contribution in [3.05, 3.63) is 24.3 Å². The highest BCUT2D eigenvalue weighted by atomic mass is 32.2. The van der Waals surface area contributed by atoms with Crippen molar-refractivity contribution in [2.45, 2.75) is 31.1 Å². The maximum atomic E-state index is 12.1. The Hall–Kier alpha value is -1.81. The van der Waals surface area contributed by atoms with Crippen molar-refractivity contribution in [3.63, 3.8) is 0 Å². The van der Waals surface area contributed by atoms with Gasteiger partial charge < -0.3 is 10.1 Å². The van der Waals surface area contributed by atoms with Gasteiger partial charge >= 0.3 is 6.36 Å². The molecule has 1 amide bonds. The molecule has 0 unspecified atom stereocenters. The fourth-order valence-corrected chi connectivity index (χ4v) is 2.47. The van der Waals surface area contributed by atoms with Crippen LogP contribution in [0.1, 0.15) is 13.8 Å². The number of carbonyl (C=O) groups is 1. The van der Waals surface area contributed by atoms with Gasteiger partial charge in [-0.25, -0.2) is 13.1 Å². The van der Waals surface area contributed by atoms with Crippen molar-refractivity contribution in [3.8, 4) is 5.75 Å². The summed E-state index contributed by atoms with van der Waals surface area (Å²) in [5, 5.41) is 2.47. The predicted molar refractivity (Wildman–Crippen MR) is 71.6 cm³/mol. The van der Waals surface area contributed by atoms with Crippen LogP contribution in [0, 0.1) is 0 Å². The highest BCUT2D eigenvalue weighted by Gasteiger charge is 2.31. The number of ether oxygens (including phenoxy) is 1. The lowest BCUT2D eigenvalue weighted by molar-refractivity contribution is -0.274. The van der Waals surface area contributed by atoms with Gasteiger partial charge in [-0.1, -0.05) is 6.07 Å². The first-order valence-corrected chi connectivity index (χ1v) is 7.63. The molecule has 0 saturated carbocycles. The Bertz CT molecular complexity index is 630. The summed E-state index contributed by atoms with van der Waals surface area (Å²) in [6.45, 7) is 2.87. The Kier molecular flexibility index (Phi) is 5.78. The number of hydrogen-bond acceptors (Lipinski definition) is 4. The molecule has 10 heteroatoms. The fraction of sp³-hybridized carbons (Fsp3) is 0.417. The van der Waals surface area contributed by atoms with Gasteiger partial charge in [0.2, 0.25) is 15.9 Å². The lowest BCUT2D eigenvalue weighted by Crippen LogP contribution is -2.39. The van der Waals surface area contributed by atoms with Crippen molar-refractivity contribution < 1.29 is 31.1 Å². The average molecular weight is 340 g/mol. The van der Waals surface area contributed by atoms with Crippen LogP contribution >= 0.6 is 0 Å². The summed E-state index contributed by atoms with van der Waals surface area (Å²) in [7, 11) is -4.13. The van der Waals surface area contributed by atoms with Crippen molar-refractivity contribution in [2.24, 2.45) is 0 Å². The molecule has 1 aromatic rings. The molecule has 0 aliphatic rings. The predicted octanol–water partition coefficient (Wildman–Crippen LogP) is 1.39. The first-order valence-electron chi connectivity index (χ1n) is 6.14. The van der Waals surface area contributed by atoms with E-state index in [1.165, 1.54) is 0 Å². The van der Waals surface area contributed by atoms with E-state index in [-0.39, 0.29) is 6.04 Å². The third-order valence-corrected chi connectivity index (χ3v) is 3.62. The van der Waals surface area contributed by atoms with E-state index in [1.54, 1.807) is 13.8 Å². The number of carbonyl (C=O) groups excluding carboxylic acids is 1. The van der Waals surface area contributed by atoms with Crippen LogP contribution in [-0.4, -0.2) is 33.3 Å². The Labute approximate surface area is 125 Å². The molecule has 22 heavy (non-hydrogen) atoms. The number of alkyl halides is 3. The smallest absolute Gasteiger partial charge is 0.406 e. The molecule has 1 aromatic carbocycles. The SMILES string of the molecule is CC(C)NC(=O)CNS(=O)(=O)c1cccc(OC(F)(F)F)c1. The number of nitrogens with one attached hydrogen (secondary N) is 2. The summed E-state index contributed by atoms with van der Waals surface area (Å²) in [6.07, 6.45) is -4.92. The van der Waals surface area contributed by atoms with Crippen molar-refractivity contribution in [1.82, 2.24) is 10.0 Å². The fourth-order valence-electron chi connectivity index (χ4n) is 1.46. The summed E-state index contributed by atoms with van der Waals surface area (Å²) in [5.41, 5.74) is 0. The van der Waals surface area contributed by atoms with Crippen LogP contribution in [0.25, 0.3) is 0 Å². The first-order chi connectivity index (χ1) is 9.99. The second-order valence-corrected chi connectivity index (χ2v) is 6.34. The third-order valence-electron chi connectivity index (χ3n) is 2.22. The molecule has 124 valence electrons. The Balaban J connectivity index is 2.81. The van der Waals surface area contributed by atoms with Crippen molar-refractivity contribution in [2.75, 3.05) is 6.54 Å². The minimum atomic E-state index is -4.92. The zero-order valence-electron chi connectivity index (χ0n) is 11.8. The van der Waals surface area contributed by atoms with Crippen LogP contribution in [0.15, 0.2) is 29.2 Å². The molecule has 2 N–H and O–H groups in total.